The molecule has 0 aromatic rings. The molecule has 0 spiro atoms. The number of carbonyl (C=O) groups excluding carboxylic acids is 1. The van der Waals surface area contributed by atoms with Crippen LogP contribution in [0.2, 0.25) is 0 Å². The Kier molecular flexibility index (Phi) is 11.0. The average molecular weight is 624 g/mol. The van der Waals surface area contributed by atoms with Gasteiger partial charge in [0, 0.05) is 24.5 Å². The number of esters is 1. The Hall–Kier alpha value is -2.25. The van der Waals surface area contributed by atoms with E-state index in [-0.39, 0.29) is 18.1 Å². The summed E-state index contributed by atoms with van der Waals surface area (Å²) in [6.45, 7) is 8.71. The molecule has 0 unspecified atom stereocenters. The van der Waals surface area contributed by atoms with Gasteiger partial charge in [0.2, 0.25) is 0 Å². The van der Waals surface area contributed by atoms with Crippen molar-refractivity contribution in [2.45, 2.75) is 205 Å². The summed E-state index contributed by atoms with van der Waals surface area (Å²) in [7, 11) is 0. The number of hydrogen-bond donors (Lipinski definition) is 3. The van der Waals surface area contributed by atoms with E-state index in [1.807, 2.05) is 0 Å². The van der Waals surface area contributed by atoms with Crippen LogP contribution >= 0.6 is 0 Å². The minimum absolute atomic E-state index is 0.0574. The van der Waals surface area contributed by atoms with Crippen molar-refractivity contribution < 1.29 is 14.1 Å². The number of nitrogens with zero attached hydrogens (tertiary/aromatic N) is 3. The van der Waals surface area contributed by atoms with Crippen LogP contribution in [0.4, 0.5) is 0 Å². The molecule has 8 heteroatoms. The number of rotatable bonds is 16. The molecule has 6 aliphatic heterocycles. The first-order valence-corrected chi connectivity index (χ1v) is 19.1. The normalized spacial score (nSPS) is 32.3. The van der Waals surface area contributed by atoms with Gasteiger partial charge in [0.25, 0.3) is 0 Å². The summed E-state index contributed by atoms with van der Waals surface area (Å²) < 4.78 is 8.55. The number of aliphatic imine (C=N–C) groups is 1. The van der Waals surface area contributed by atoms with Crippen molar-refractivity contribution >= 4 is 17.9 Å². The molecule has 6 rings (SSSR count). The Morgan fingerprint density at radius 2 is 1.67 bits per heavy atom. The van der Waals surface area contributed by atoms with E-state index in [0.29, 0.717) is 36.3 Å². The molecule has 3 fully saturated rings. The Labute approximate surface area is 273 Å². The number of allylic oxidation sites excluding steroid dienone is 1. The van der Waals surface area contributed by atoms with Crippen LogP contribution in [0.1, 0.15) is 156 Å². The molecule has 252 valence electrons. The number of unbranched alkanes of at least 4 members (excludes halogenated alkanes) is 8. The van der Waals surface area contributed by atoms with Gasteiger partial charge in [-0.15, -0.1) is 0 Å². The van der Waals surface area contributed by atoms with Crippen LogP contribution in [0.5, 0.6) is 0 Å². The van der Waals surface area contributed by atoms with Gasteiger partial charge in [0.1, 0.15) is 11.6 Å². The minimum Gasteiger partial charge on any atom is -0.459 e. The van der Waals surface area contributed by atoms with Crippen molar-refractivity contribution in [3.63, 3.8) is 0 Å². The highest BCUT2D eigenvalue weighted by molar-refractivity contribution is 5.93. The van der Waals surface area contributed by atoms with Gasteiger partial charge in [0.05, 0.1) is 29.9 Å². The Morgan fingerprint density at radius 3 is 2.49 bits per heavy atom. The van der Waals surface area contributed by atoms with Gasteiger partial charge in [-0.1, -0.05) is 64.7 Å². The van der Waals surface area contributed by atoms with Gasteiger partial charge in [0.15, 0.2) is 5.96 Å². The third-order valence-corrected chi connectivity index (χ3v) is 11.7. The molecule has 0 aliphatic carbocycles. The summed E-state index contributed by atoms with van der Waals surface area (Å²) in [6.07, 6.45) is 24.8. The van der Waals surface area contributed by atoms with Crippen molar-refractivity contribution in [1.29, 1.82) is 0 Å². The predicted molar refractivity (Wildman–Crippen MR) is 182 cm³/mol. The van der Waals surface area contributed by atoms with Gasteiger partial charge >= 0.3 is 11.9 Å². The molecule has 0 saturated carbocycles. The third-order valence-electron chi connectivity index (χ3n) is 11.7. The summed E-state index contributed by atoms with van der Waals surface area (Å²) in [5, 5.41) is 11.1. The van der Waals surface area contributed by atoms with Crippen molar-refractivity contribution in [3.8, 4) is 0 Å². The van der Waals surface area contributed by atoms with E-state index in [2.05, 4.69) is 53.1 Å². The van der Waals surface area contributed by atoms with E-state index in [9.17, 15) is 4.79 Å². The maximum atomic E-state index is 13.5. The quantitative estimate of drug-likeness (QED) is 0.104. The van der Waals surface area contributed by atoms with Gasteiger partial charge in [-0.3, -0.25) is 9.89 Å². The largest absolute Gasteiger partial charge is 0.459 e. The standard InChI is InChI=1S/C37H62N6O2/c1-5-6-7-8-9-10-13-16-29-24-32-20-21-33-34(27(4)39-37(41-29)43(32)33)35(44)45-26(3)15-12-11-14-17-28-23-31-19-18-30-22-25(2)38-36(40-28)42(30)31/h25-26,28-33H,5-24H2,1-4H3,(H2,38,39,40,41,44)/p+1/t25-,26-,28+,29+,30+,31-,32-,33-/m0/s1. The molecule has 0 radical (unpaired) electrons. The molecule has 0 aromatic carbocycles. The van der Waals surface area contributed by atoms with Crippen molar-refractivity contribution in [2.24, 2.45) is 4.99 Å². The lowest BCUT2D eigenvalue weighted by Gasteiger charge is -2.44. The van der Waals surface area contributed by atoms with E-state index in [1.165, 1.54) is 109 Å². The molecular weight excluding hydrogens is 560 g/mol. The highest BCUT2D eigenvalue weighted by Gasteiger charge is 2.48. The summed E-state index contributed by atoms with van der Waals surface area (Å²) in [5.74, 6) is 2.19. The van der Waals surface area contributed by atoms with E-state index in [1.54, 1.807) is 0 Å². The Balaban J connectivity index is 0.908. The highest BCUT2D eigenvalue weighted by Crippen LogP contribution is 2.37. The number of nitrogens with one attached hydrogen (secondary N) is 3. The van der Waals surface area contributed by atoms with E-state index < -0.39 is 0 Å². The van der Waals surface area contributed by atoms with Gasteiger partial charge in [-0.05, 0) is 85.0 Å². The molecule has 6 aliphatic rings. The topological polar surface area (TPSA) is 81.0 Å². The number of carbonyl (C=O) groups is 1. The summed E-state index contributed by atoms with van der Waals surface area (Å²) in [4.78, 5) is 21.3. The lowest BCUT2D eigenvalue weighted by atomic mass is 9.97. The molecule has 3 saturated heterocycles. The lowest BCUT2D eigenvalue weighted by molar-refractivity contribution is -0.580. The first kappa shape index (κ1) is 32.7. The molecule has 45 heavy (non-hydrogen) atoms. The zero-order valence-corrected chi connectivity index (χ0v) is 28.9. The minimum atomic E-state index is -0.117. The summed E-state index contributed by atoms with van der Waals surface area (Å²) in [6, 6.07) is 3.60. The maximum Gasteiger partial charge on any atom is 0.351 e. The van der Waals surface area contributed by atoms with Crippen LogP contribution < -0.4 is 16.0 Å². The van der Waals surface area contributed by atoms with Crippen molar-refractivity contribution in [2.75, 3.05) is 0 Å². The fraction of sp³-hybridized carbons (Fsp3) is 0.865. The van der Waals surface area contributed by atoms with Crippen LogP contribution in [0.25, 0.3) is 0 Å². The van der Waals surface area contributed by atoms with Crippen molar-refractivity contribution in [1.82, 2.24) is 20.9 Å². The Morgan fingerprint density at radius 1 is 0.933 bits per heavy atom. The van der Waals surface area contributed by atoms with Crippen LogP contribution in [-0.4, -0.2) is 75.8 Å². The van der Waals surface area contributed by atoms with Crippen LogP contribution in [0, 0.1) is 0 Å². The van der Waals surface area contributed by atoms with Crippen molar-refractivity contribution in [3.05, 3.63) is 11.3 Å². The summed E-state index contributed by atoms with van der Waals surface area (Å²) in [5.41, 5.74) is 1.82. The molecule has 6 heterocycles. The smallest absolute Gasteiger partial charge is 0.351 e. The van der Waals surface area contributed by atoms with Crippen LogP contribution in [0.15, 0.2) is 16.3 Å². The number of guanidine groups is 2. The molecule has 8 atom stereocenters. The monoisotopic (exact) mass is 624 g/mol. The van der Waals surface area contributed by atoms with E-state index in [0.717, 1.165) is 42.9 Å². The molecule has 0 amide bonds. The first-order valence-electron chi connectivity index (χ1n) is 19.1. The van der Waals surface area contributed by atoms with Gasteiger partial charge in [-0.2, -0.15) is 0 Å². The van der Waals surface area contributed by atoms with Crippen LogP contribution in [-0.2, 0) is 9.53 Å². The predicted octanol–water partition coefficient (Wildman–Crippen LogP) is 6.49. The van der Waals surface area contributed by atoms with Gasteiger partial charge < -0.3 is 15.0 Å². The molecule has 0 aromatic heterocycles. The van der Waals surface area contributed by atoms with E-state index >= 15 is 0 Å². The SMILES string of the molecule is CCCCCCCCC[C@@H]1C[C@@H]2CC[C@H]3C(C(=O)O[C@@H](C)CCCCC[C@@H]4C[C@@H]5CC[C@@H]6C[C@H](C)NC(=N4)N65)=C(C)NC(=[N+]23)N1. The number of hydrogen-bond acceptors (Lipinski definition) is 7. The zero-order valence-electron chi connectivity index (χ0n) is 28.9. The zero-order chi connectivity index (χ0) is 31.3. The average Bonchev–Trinajstić information content (AvgIpc) is 3.61. The number of ether oxygens (including phenoxy) is 1. The molecule has 3 N–H and O–H groups in total. The molecule has 8 nitrogen and oxygen atoms in total. The Bertz CT molecular complexity index is 1130. The highest BCUT2D eigenvalue weighted by atomic mass is 16.5. The van der Waals surface area contributed by atoms with E-state index in [4.69, 9.17) is 9.73 Å². The maximum absolute atomic E-state index is 13.5. The first-order chi connectivity index (χ1) is 21.9. The third kappa shape index (κ3) is 7.67. The second kappa shape index (κ2) is 15.1. The fourth-order valence-electron chi connectivity index (χ4n) is 9.47. The van der Waals surface area contributed by atoms with Crippen LogP contribution in [0.3, 0.4) is 0 Å². The fourth-order valence-corrected chi connectivity index (χ4v) is 9.47. The lowest BCUT2D eigenvalue weighted by Crippen LogP contribution is -2.59. The van der Waals surface area contributed by atoms with Gasteiger partial charge in [-0.25, -0.2) is 15.1 Å². The summed E-state index contributed by atoms with van der Waals surface area (Å²) >= 11 is 0. The second-order valence-electron chi connectivity index (χ2n) is 15.4. The molecule has 0 bridgehead atoms. The second-order valence-corrected chi connectivity index (χ2v) is 15.4. The molecular formula is C37H63N6O2+.